The molecule has 17 heteroatoms. The van der Waals surface area contributed by atoms with E-state index in [1.807, 2.05) is 35.9 Å². The van der Waals surface area contributed by atoms with Gasteiger partial charge in [-0.2, -0.15) is 0 Å². The Morgan fingerprint density at radius 2 is 1.57 bits per heavy atom. The summed E-state index contributed by atoms with van der Waals surface area (Å²) in [5.74, 6) is -2.28. The summed E-state index contributed by atoms with van der Waals surface area (Å²) >= 11 is 0. The number of amides is 4. The van der Waals surface area contributed by atoms with E-state index in [9.17, 15) is 24.0 Å². The number of fused-ring (bicyclic) bond motifs is 3. The second-order valence-electron chi connectivity index (χ2n) is 20.0. The first kappa shape index (κ1) is 45.0. The third-order valence-corrected chi connectivity index (χ3v) is 16.0. The average molecular weight is 941 g/mol. The zero-order valence-electron chi connectivity index (χ0n) is 39.2. The maximum absolute atomic E-state index is 15.9. The predicted octanol–water partition coefficient (Wildman–Crippen LogP) is 5.28. The number of piperidine rings is 3. The standard InChI is InChI=1S/C52H58F2N10O5/c1-55-35-12-20-63(46(66)27-35)42-7-15-56-48-38(42)28-37(58(48)2)31-59-16-10-33(11-17-59)47-40(53)25-34(26-41(47)54)50(68)62-18-8-32(9-19-62)30-60-21-23-61(24-22-60)36-3-4-43-39(29-36)52(13-14-52)51(69)64(43)44-5-6-45(65)57-49(44)67/h3-4,7,12,15,20,25-29,32-33,44,55H,5-6,8-11,13-14,16-19,21-24,30-31H2,1-2H3,(H,57,65,67)/t44-/m1/s1. The van der Waals surface area contributed by atoms with Gasteiger partial charge < -0.3 is 19.7 Å². The summed E-state index contributed by atoms with van der Waals surface area (Å²) in [6.07, 6.45) is 8.34. The third-order valence-electron chi connectivity index (χ3n) is 16.0. The van der Waals surface area contributed by atoms with Gasteiger partial charge in [0.15, 0.2) is 0 Å². The molecule has 0 unspecified atom stereocenters. The molecule has 2 aromatic carbocycles. The number of aromatic nitrogens is 3. The summed E-state index contributed by atoms with van der Waals surface area (Å²) in [6.45, 7) is 7.35. The van der Waals surface area contributed by atoms with Crippen LogP contribution >= 0.6 is 0 Å². The number of halogens is 2. The number of nitrogens with one attached hydrogen (secondary N) is 2. The van der Waals surface area contributed by atoms with Crippen LogP contribution < -0.4 is 26.0 Å². The van der Waals surface area contributed by atoms with Crippen molar-refractivity contribution >= 4 is 51.7 Å². The quantitative estimate of drug-likeness (QED) is 0.177. The van der Waals surface area contributed by atoms with Gasteiger partial charge in [-0.05, 0) is 124 Å². The number of piperazine rings is 1. The van der Waals surface area contributed by atoms with Gasteiger partial charge in [0, 0.05) is 131 Å². The van der Waals surface area contributed by atoms with Crippen molar-refractivity contribution in [2.75, 3.05) is 81.1 Å². The molecule has 1 spiro atoms. The van der Waals surface area contributed by atoms with Gasteiger partial charge in [-0.3, -0.25) is 48.6 Å². The van der Waals surface area contributed by atoms with Gasteiger partial charge in [0.05, 0.1) is 11.1 Å². The van der Waals surface area contributed by atoms with Gasteiger partial charge in [0.2, 0.25) is 17.7 Å². The first-order valence-electron chi connectivity index (χ1n) is 24.5. The molecule has 69 heavy (non-hydrogen) atoms. The largest absolute Gasteiger partial charge is 0.388 e. The third kappa shape index (κ3) is 8.16. The number of likely N-dealkylation sites (tertiary alicyclic amines) is 2. The average Bonchev–Trinajstić information content (AvgIpc) is 4.06. The molecule has 4 amide bonds. The summed E-state index contributed by atoms with van der Waals surface area (Å²) in [4.78, 5) is 80.0. The summed E-state index contributed by atoms with van der Waals surface area (Å²) in [5.41, 5.74) is 5.53. The number of aryl methyl sites for hydroxylation is 1. The van der Waals surface area contributed by atoms with Crippen molar-refractivity contribution in [3.05, 3.63) is 111 Å². The van der Waals surface area contributed by atoms with Crippen LogP contribution in [0.15, 0.2) is 71.8 Å². The number of carbonyl (C=O) groups is 4. The van der Waals surface area contributed by atoms with Gasteiger partial charge in [-0.25, -0.2) is 13.8 Å². The van der Waals surface area contributed by atoms with Crippen molar-refractivity contribution in [1.82, 2.24) is 34.1 Å². The first-order valence-corrected chi connectivity index (χ1v) is 24.5. The highest BCUT2D eigenvalue weighted by Gasteiger charge is 2.61. The van der Waals surface area contributed by atoms with Crippen LogP contribution in [0.1, 0.15) is 84.5 Å². The monoisotopic (exact) mass is 940 g/mol. The van der Waals surface area contributed by atoms with Crippen LogP contribution in [-0.4, -0.2) is 124 Å². The van der Waals surface area contributed by atoms with Crippen LogP contribution in [0.25, 0.3) is 16.7 Å². The summed E-state index contributed by atoms with van der Waals surface area (Å²) in [7, 11) is 3.73. The van der Waals surface area contributed by atoms with Crippen molar-refractivity contribution in [2.24, 2.45) is 13.0 Å². The van der Waals surface area contributed by atoms with Crippen molar-refractivity contribution in [1.29, 1.82) is 0 Å². The number of hydrogen-bond donors (Lipinski definition) is 2. The molecule has 0 radical (unpaired) electrons. The highest BCUT2D eigenvalue weighted by molar-refractivity contribution is 6.15. The number of rotatable bonds is 10. The fraction of sp³-hybridized carbons (Fsp3) is 0.462. The lowest BCUT2D eigenvalue weighted by molar-refractivity contribution is -0.135. The lowest BCUT2D eigenvalue weighted by Gasteiger charge is -2.40. The number of nitrogens with zero attached hydrogens (tertiary/aromatic N) is 8. The van der Waals surface area contributed by atoms with E-state index in [1.54, 1.807) is 39.9 Å². The highest BCUT2D eigenvalue weighted by atomic mass is 19.1. The van der Waals surface area contributed by atoms with Crippen LogP contribution in [-0.2, 0) is 33.4 Å². The van der Waals surface area contributed by atoms with Gasteiger partial charge in [-0.1, -0.05) is 0 Å². The smallest absolute Gasteiger partial charge is 0.257 e. The maximum Gasteiger partial charge on any atom is 0.257 e. The van der Waals surface area contributed by atoms with Crippen LogP contribution in [0.4, 0.5) is 25.8 Å². The van der Waals surface area contributed by atoms with Crippen molar-refractivity contribution in [3.63, 3.8) is 0 Å². The van der Waals surface area contributed by atoms with E-state index in [1.165, 1.54) is 12.1 Å². The summed E-state index contributed by atoms with van der Waals surface area (Å²) in [5, 5.41) is 6.27. The molecular formula is C52H58F2N10O5. The molecule has 5 aromatic rings. The molecule has 360 valence electrons. The van der Waals surface area contributed by atoms with E-state index >= 15 is 8.78 Å². The van der Waals surface area contributed by atoms with Crippen molar-refractivity contribution in [2.45, 2.75) is 75.3 Å². The summed E-state index contributed by atoms with van der Waals surface area (Å²) < 4.78 is 35.4. The lowest BCUT2D eigenvalue weighted by Crippen LogP contribution is -2.54. The van der Waals surface area contributed by atoms with Crippen molar-refractivity contribution in [3.8, 4) is 5.69 Å². The Hall–Kier alpha value is -6.46. The van der Waals surface area contributed by atoms with Gasteiger partial charge in [-0.15, -0.1) is 0 Å². The molecule has 4 saturated heterocycles. The first-order chi connectivity index (χ1) is 33.4. The Labute approximate surface area is 399 Å². The van der Waals surface area contributed by atoms with Gasteiger partial charge >= 0.3 is 0 Å². The van der Waals surface area contributed by atoms with E-state index in [0.717, 1.165) is 103 Å². The molecular weight excluding hydrogens is 883 g/mol. The molecule has 1 atom stereocenters. The number of hydrogen-bond acceptors (Lipinski definition) is 10. The zero-order chi connectivity index (χ0) is 47.7. The molecule has 5 fully saturated rings. The van der Waals surface area contributed by atoms with Crippen LogP contribution in [0.5, 0.6) is 0 Å². The predicted molar refractivity (Wildman–Crippen MR) is 258 cm³/mol. The minimum Gasteiger partial charge on any atom is -0.388 e. The fourth-order valence-corrected chi connectivity index (χ4v) is 11.8. The number of anilines is 3. The highest BCUT2D eigenvalue weighted by Crippen LogP contribution is 2.58. The normalized spacial score (nSPS) is 21.4. The van der Waals surface area contributed by atoms with Crippen LogP contribution in [0.2, 0.25) is 0 Å². The number of pyridine rings is 2. The second-order valence-corrected chi connectivity index (χ2v) is 20.0. The molecule has 2 N–H and O–H groups in total. The van der Waals surface area contributed by atoms with E-state index in [-0.39, 0.29) is 46.7 Å². The Morgan fingerprint density at radius 3 is 2.25 bits per heavy atom. The molecule has 1 aliphatic carbocycles. The summed E-state index contributed by atoms with van der Waals surface area (Å²) in [6, 6.07) is 15.3. The van der Waals surface area contributed by atoms with Crippen LogP contribution in [0.3, 0.4) is 0 Å². The van der Waals surface area contributed by atoms with Gasteiger partial charge in [0.1, 0.15) is 23.3 Å². The SMILES string of the molecule is CNc1ccn(-c2ccnc3c2cc(CN2CCC(c4c(F)cc(C(=O)N5CCC(CN6CCN(c7ccc8c(c7)C7(CC7)C(=O)N8[C@@H]7CCC(=O)NC7=O)CC6)CC5)cc4F)CC2)n3C)c(=O)c1. The minimum absolute atomic E-state index is 0.0278. The number of imide groups is 1. The molecule has 0 bridgehead atoms. The Balaban J connectivity index is 0.658. The Kier molecular flexibility index (Phi) is 11.6. The number of benzene rings is 2. The molecule has 5 aliphatic heterocycles. The lowest BCUT2D eigenvalue weighted by atomic mass is 9.87. The minimum atomic E-state index is -0.666. The Morgan fingerprint density at radius 1 is 0.826 bits per heavy atom. The molecule has 3 aromatic heterocycles. The second kappa shape index (κ2) is 17.8. The van der Waals surface area contributed by atoms with Gasteiger partial charge in [0.25, 0.3) is 11.5 Å². The van der Waals surface area contributed by atoms with E-state index in [2.05, 4.69) is 42.5 Å². The molecule has 1 saturated carbocycles. The van der Waals surface area contributed by atoms with E-state index in [4.69, 9.17) is 0 Å². The Bertz CT molecular complexity index is 2920. The molecule has 6 aliphatic rings. The fourth-order valence-electron chi connectivity index (χ4n) is 11.8. The maximum atomic E-state index is 15.9. The molecule has 11 rings (SSSR count). The zero-order valence-corrected chi connectivity index (χ0v) is 39.2. The van der Waals surface area contributed by atoms with Crippen LogP contribution in [0, 0.1) is 17.6 Å². The van der Waals surface area contributed by atoms with E-state index < -0.39 is 29.0 Å². The van der Waals surface area contributed by atoms with E-state index in [0.29, 0.717) is 57.9 Å². The van der Waals surface area contributed by atoms with Crippen molar-refractivity contribution < 1.29 is 28.0 Å². The molecule has 15 nitrogen and oxygen atoms in total. The number of carbonyl (C=O) groups excluding carboxylic acids is 4. The molecule has 8 heterocycles. The topological polar surface area (TPSA) is 148 Å².